The van der Waals surface area contributed by atoms with E-state index >= 15 is 0 Å². The van der Waals surface area contributed by atoms with Gasteiger partial charge < -0.3 is 24.7 Å². The fourth-order valence-electron chi connectivity index (χ4n) is 6.51. The lowest BCUT2D eigenvalue weighted by Gasteiger charge is -2.36. The van der Waals surface area contributed by atoms with Crippen LogP contribution >= 0.6 is 0 Å². The number of aliphatic hydroxyl groups excluding tert-OH is 1. The third kappa shape index (κ3) is 5.52. The first-order chi connectivity index (χ1) is 22.3. The number of aromatic nitrogens is 1. The zero-order valence-corrected chi connectivity index (χ0v) is 25.9. The lowest BCUT2D eigenvalue weighted by molar-refractivity contribution is -0.139. The van der Waals surface area contributed by atoms with Gasteiger partial charge in [-0.25, -0.2) is 0 Å². The molecule has 0 spiro atoms. The number of ether oxygens (including phenoxy) is 1. The van der Waals surface area contributed by atoms with Crippen LogP contribution in [0.5, 0.6) is 5.75 Å². The smallest absolute Gasteiger partial charge is 0.297 e. The van der Waals surface area contributed by atoms with E-state index in [0.29, 0.717) is 29.9 Å². The molecule has 0 aliphatic carbocycles. The van der Waals surface area contributed by atoms with Crippen molar-refractivity contribution in [2.75, 3.05) is 18.6 Å². The topological polar surface area (TPSA) is 112 Å². The summed E-state index contributed by atoms with van der Waals surface area (Å²) in [5.74, 6) is -1.19. The summed E-state index contributed by atoms with van der Waals surface area (Å²) in [5.41, 5.74) is 2.15. The number of aliphatic hydroxyl groups is 2. The Bertz CT molecular complexity index is 1850. The Morgan fingerprint density at radius 3 is 2.50 bits per heavy atom. The number of amides is 2. The highest BCUT2D eigenvalue weighted by atomic mass is 16.5. The molecule has 0 unspecified atom stereocenters. The molecule has 3 heterocycles. The summed E-state index contributed by atoms with van der Waals surface area (Å²) in [6.45, 7) is 2.27. The quantitative estimate of drug-likeness (QED) is 0.273. The third-order valence-electron chi connectivity index (χ3n) is 9.11. The predicted octanol–water partition coefficient (Wildman–Crippen LogP) is 4.11. The predicted molar refractivity (Wildman–Crippen MR) is 175 cm³/mol. The summed E-state index contributed by atoms with van der Waals surface area (Å²) >= 11 is 0. The first-order valence-electron chi connectivity index (χ1n) is 15.4. The number of hydrogen-bond acceptors (Lipinski definition) is 6. The Morgan fingerprint density at radius 1 is 1.02 bits per heavy atom. The molecule has 1 aromatic heterocycles. The van der Waals surface area contributed by atoms with E-state index in [0.717, 1.165) is 16.7 Å². The van der Waals surface area contributed by atoms with Crippen LogP contribution in [0.15, 0.2) is 108 Å². The van der Waals surface area contributed by atoms with E-state index in [1.807, 2.05) is 54.6 Å². The van der Waals surface area contributed by atoms with Crippen LogP contribution in [0.4, 0.5) is 5.69 Å². The Morgan fingerprint density at radius 2 is 1.76 bits per heavy atom. The van der Waals surface area contributed by atoms with Crippen molar-refractivity contribution in [3.8, 4) is 11.4 Å². The number of hydrogen-bond donors (Lipinski definition) is 2. The van der Waals surface area contributed by atoms with Crippen molar-refractivity contribution < 1.29 is 24.5 Å². The highest BCUT2D eigenvalue weighted by Crippen LogP contribution is 2.46. The van der Waals surface area contributed by atoms with Gasteiger partial charge in [-0.3, -0.25) is 19.0 Å². The van der Waals surface area contributed by atoms with Crippen molar-refractivity contribution in [2.24, 2.45) is 5.92 Å². The summed E-state index contributed by atoms with van der Waals surface area (Å²) in [5, 5.41) is 22.3. The van der Waals surface area contributed by atoms with Crippen LogP contribution in [0.2, 0.25) is 0 Å². The molecular formula is C37H37N3O6. The van der Waals surface area contributed by atoms with Crippen LogP contribution in [0.1, 0.15) is 35.6 Å². The fourth-order valence-corrected chi connectivity index (χ4v) is 6.51. The zero-order valence-electron chi connectivity index (χ0n) is 25.9. The van der Waals surface area contributed by atoms with Crippen LogP contribution < -0.4 is 15.2 Å². The highest BCUT2D eigenvalue weighted by Gasteiger charge is 2.52. The van der Waals surface area contributed by atoms with Gasteiger partial charge in [0.1, 0.15) is 0 Å². The Hall–Kier alpha value is -4.99. The normalized spacial score (nSPS) is 19.7. The average Bonchev–Trinajstić information content (AvgIpc) is 3.30. The molecule has 2 N–H and O–H groups in total. The molecule has 0 fully saturated rings. The molecule has 3 atom stereocenters. The molecule has 0 saturated carbocycles. The van der Waals surface area contributed by atoms with Crippen molar-refractivity contribution in [3.05, 3.63) is 136 Å². The van der Waals surface area contributed by atoms with Crippen molar-refractivity contribution in [1.82, 2.24) is 9.47 Å². The summed E-state index contributed by atoms with van der Waals surface area (Å²) in [6.07, 6.45) is 5.62. The molecule has 0 saturated heterocycles. The van der Waals surface area contributed by atoms with Gasteiger partial charge >= 0.3 is 0 Å². The first-order valence-corrected chi connectivity index (χ1v) is 15.4. The Kier molecular flexibility index (Phi) is 8.62. The molecule has 2 amide bonds. The molecule has 0 radical (unpaired) electrons. The van der Waals surface area contributed by atoms with E-state index < -0.39 is 17.4 Å². The fraction of sp³-hybridized carbons (Fsp3) is 0.270. The average molecular weight is 620 g/mol. The number of carbonyl (C=O) groups excluding carboxylic acids is 2. The number of benzene rings is 3. The van der Waals surface area contributed by atoms with Gasteiger partial charge in [-0.1, -0.05) is 73.7 Å². The largest absolute Gasteiger partial charge is 0.491 e. The van der Waals surface area contributed by atoms with E-state index in [1.54, 1.807) is 65.4 Å². The number of carbonyl (C=O) groups is 2. The number of anilines is 1. The van der Waals surface area contributed by atoms with Crippen LogP contribution in [0, 0.1) is 5.92 Å². The van der Waals surface area contributed by atoms with Gasteiger partial charge in [-0.2, -0.15) is 0 Å². The van der Waals surface area contributed by atoms with Crippen molar-refractivity contribution in [1.29, 1.82) is 0 Å². The molecular weight excluding hydrogens is 582 g/mol. The molecule has 9 nitrogen and oxygen atoms in total. The summed E-state index contributed by atoms with van der Waals surface area (Å²) in [7, 11) is 1.43. The molecule has 3 aromatic carbocycles. The zero-order chi connectivity index (χ0) is 32.4. The second-order valence-corrected chi connectivity index (χ2v) is 11.8. The maximum absolute atomic E-state index is 14.1. The van der Waals surface area contributed by atoms with Crippen molar-refractivity contribution >= 4 is 17.5 Å². The summed E-state index contributed by atoms with van der Waals surface area (Å²) < 4.78 is 6.63. The molecule has 9 heteroatoms. The van der Waals surface area contributed by atoms with E-state index in [-0.39, 0.29) is 42.8 Å². The maximum atomic E-state index is 14.1. The summed E-state index contributed by atoms with van der Waals surface area (Å²) in [6, 6.07) is 25.6. The monoisotopic (exact) mass is 619 g/mol. The van der Waals surface area contributed by atoms with Gasteiger partial charge in [0.05, 0.1) is 32.0 Å². The molecule has 2 aliphatic rings. The van der Waals surface area contributed by atoms with E-state index in [2.05, 4.69) is 0 Å². The van der Waals surface area contributed by atoms with Crippen LogP contribution in [0.3, 0.4) is 0 Å². The van der Waals surface area contributed by atoms with Crippen LogP contribution in [0.25, 0.3) is 5.69 Å². The van der Waals surface area contributed by atoms with E-state index in [9.17, 15) is 24.6 Å². The number of pyridine rings is 1. The second-order valence-electron chi connectivity index (χ2n) is 11.8. The first kappa shape index (κ1) is 31.0. The lowest BCUT2D eigenvalue weighted by Crippen LogP contribution is -2.46. The number of rotatable bonds is 9. The minimum atomic E-state index is -1.96. The molecule has 46 heavy (non-hydrogen) atoms. The maximum Gasteiger partial charge on any atom is 0.297 e. The highest BCUT2D eigenvalue weighted by molar-refractivity contribution is 6.07. The molecule has 0 bridgehead atoms. The molecule has 2 aliphatic heterocycles. The van der Waals surface area contributed by atoms with Gasteiger partial charge in [-0.15, -0.1) is 0 Å². The lowest BCUT2D eigenvalue weighted by atomic mass is 9.82. The SMILES string of the molecule is COc1cccn(-c2ccc3c(c2)[C@@](O)([C@H](C)/C=C/CC(=O)N2Cc4ccccc4C[C@H]2CO)C(=O)N3Cc2ccccc2)c1=O. The van der Waals surface area contributed by atoms with Crippen molar-refractivity contribution in [3.63, 3.8) is 0 Å². The second kappa shape index (κ2) is 12.8. The van der Waals surface area contributed by atoms with Gasteiger partial charge in [0.15, 0.2) is 11.4 Å². The van der Waals surface area contributed by atoms with E-state index in [4.69, 9.17) is 4.74 Å². The standard InChI is InChI=1S/C37H37N3O6/c1-25(10-8-16-34(42)39-23-28-14-7-6-13-27(28)20-30(39)24-41)37(45)31-21-29(38-19-9-15-33(46-2)35(38)43)17-18-32(31)40(36(37)44)22-26-11-4-3-5-12-26/h3-15,17-19,21,25,30,41,45H,16,20,22-24H2,1-2H3/b10-8+/t25-,30+,37+/m1/s1. The number of methoxy groups -OCH3 is 1. The molecule has 6 rings (SSSR count). The van der Waals surface area contributed by atoms with Crippen LogP contribution in [-0.2, 0) is 34.7 Å². The van der Waals surface area contributed by atoms with Crippen molar-refractivity contribution in [2.45, 2.75) is 44.5 Å². The summed E-state index contributed by atoms with van der Waals surface area (Å²) in [4.78, 5) is 43.8. The van der Waals surface area contributed by atoms with Gasteiger partial charge in [0.2, 0.25) is 5.91 Å². The number of nitrogens with zero attached hydrogens (tertiary/aromatic N) is 3. The minimum absolute atomic E-state index is 0.0487. The minimum Gasteiger partial charge on any atom is -0.491 e. The number of fused-ring (bicyclic) bond motifs is 2. The van der Waals surface area contributed by atoms with E-state index in [1.165, 1.54) is 11.7 Å². The van der Waals surface area contributed by atoms with Gasteiger partial charge in [-0.05, 0) is 53.4 Å². The van der Waals surface area contributed by atoms with Gasteiger partial charge in [0, 0.05) is 36.3 Å². The Labute approximate surface area is 267 Å². The molecule has 236 valence electrons. The molecule has 4 aromatic rings. The van der Waals surface area contributed by atoms with Gasteiger partial charge in [0.25, 0.3) is 11.5 Å². The van der Waals surface area contributed by atoms with Crippen LogP contribution in [-0.4, -0.2) is 51.3 Å². The third-order valence-corrected chi connectivity index (χ3v) is 9.11. The Balaban J connectivity index is 1.30.